The number of nitrogens with zero attached hydrogens (tertiary/aromatic N) is 2. The Hall–Kier alpha value is -2.58. The number of aromatic nitrogens is 1. The number of hydrogen-bond acceptors (Lipinski definition) is 7. The van der Waals surface area contributed by atoms with E-state index in [1.165, 1.54) is 30.9 Å². The minimum absolute atomic E-state index is 0.0925. The van der Waals surface area contributed by atoms with E-state index in [2.05, 4.69) is 4.98 Å². The van der Waals surface area contributed by atoms with E-state index in [-0.39, 0.29) is 23.2 Å². The monoisotopic (exact) mass is 374 g/mol. The van der Waals surface area contributed by atoms with Gasteiger partial charge in [0.25, 0.3) is 5.91 Å². The Morgan fingerprint density at radius 1 is 1.28 bits per heavy atom. The molecule has 0 saturated carbocycles. The summed E-state index contributed by atoms with van der Waals surface area (Å²) in [7, 11) is 2.89. The van der Waals surface area contributed by atoms with E-state index in [1.807, 2.05) is 0 Å². The molecule has 6 nitrogen and oxygen atoms in total. The van der Waals surface area contributed by atoms with Crippen LogP contribution in [0.5, 0.6) is 17.2 Å². The maximum absolute atomic E-state index is 12.7. The van der Waals surface area contributed by atoms with E-state index in [1.54, 1.807) is 42.7 Å². The fourth-order valence-corrected chi connectivity index (χ4v) is 3.62. The third kappa shape index (κ3) is 3.31. The summed E-state index contributed by atoms with van der Waals surface area (Å²) in [5.74, 6) is 0.195. The van der Waals surface area contributed by atoms with Crippen molar-refractivity contribution in [1.82, 2.24) is 4.98 Å². The molecule has 0 radical (unpaired) electrons. The smallest absolute Gasteiger partial charge is 0.270 e. The molecule has 1 saturated heterocycles. The lowest BCUT2D eigenvalue weighted by Crippen LogP contribution is -2.27. The molecule has 2 heterocycles. The molecule has 1 amide bonds. The first-order valence-electron chi connectivity index (χ1n) is 7.18. The number of phenolic OH excluding ortho intramolecular Hbond substituents is 1. The van der Waals surface area contributed by atoms with Crippen LogP contribution in [0.1, 0.15) is 5.56 Å². The van der Waals surface area contributed by atoms with Crippen molar-refractivity contribution in [3.05, 3.63) is 47.1 Å². The van der Waals surface area contributed by atoms with Crippen LogP contribution in [0.15, 0.2) is 41.6 Å². The van der Waals surface area contributed by atoms with E-state index in [4.69, 9.17) is 21.7 Å². The minimum atomic E-state index is -0.228. The first-order chi connectivity index (χ1) is 12.0. The summed E-state index contributed by atoms with van der Waals surface area (Å²) in [6, 6.07) is 6.75. The predicted octanol–water partition coefficient (Wildman–Crippen LogP) is 3.21. The highest BCUT2D eigenvalue weighted by Gasteiger charge is 2.33. The Morgan fingerprint density at radius 3 is 2.52 bits per heavy atom. The van der Waals surface area contributed by atoms with Crippen molar-refractivity contribution in [2.75, 3.05) is 19.1 Å². The number of thioether (sulfide) groups is 1. The standard InChI is InChI=1S/C17H14N2O4S2/c1-22-12-6-10(7-13(23-2)15(12)20)8-14-16(21)19(17(24)25-14)11-4-3-5-18-9-11/h3-9,20H,1-2H3. The quantitative estimate of drug-likeness (QED) is 0.651. The Morgan fingerprint density at radius 2 is 1.96 bits per heavy atom. The third-order valence-corrected chi connectivity index (χ3v) is 4.80. The summed E-state index contributed by atoms with van der Waals surface area (Å²) >= 11 is 6.52. The second-order valence-corrected chi connectivity index (χ2v) is 6.68. The van der Waals surface area contributed by atoms with Gasteiger partial charge in [-0.3, -0.25) is 14.7 Å². The van der Waals surface area contributed by atoms with Crippen LogP contribution in [-0.4, -0.2) is 34.5 Å². The molecule has 25 heavy (non-hydrogen) atoms. The van der Waals surface area contributed by atoms with Gasteiger partial charge < -0.3 is 14.6 Å². The second kappa shape index (κ2) is 7.12. The summed E-state index contributed by atoms with van der Waals surface area (Å²) in [6.07, 6.45) is 4.90. The number of hydrogen-bond donors (Lipinski definition) is 1. The number of thiocarbonyl (C=S) groups is 1. The molecular formula is C17H14N2O4S2. The molecule has 0 aliphatic carbocycles. The molecule has 128 valence electrons. The van der Waals surface area contributed by atoms with Crippen LogP contribution in [-0.2, 0) is 4.79 Å². The highest BCUT2D eigenvalue weighted by molar-refractivity contribution is 8.27. The van der Waals surface area contributed by atoms with Gasteiger partial charge in [-0.05, 0) is 35.9 Å². The summed E-state index contributed by atoms with van der Waals surface area (Å²) < 4.78 is 10.7. The second-order valence-electron chi connectivity index (χ2n) is 5.00. The number of phenols is 1. The zero-order valence-corrected chi connectivity index (χ0v) is 15.1. The van der Waals surface area contributed by atoms with Crippen LogP contribution in [0.3, 0.4) is 0 Å². The lowest BCUT2D eigenvalue weighted by Gasteiger charge is -2.13. The van der Waals surface area contributed by atoms with Gasteiger partial charge in [0.2, 0.25) is 5.75 Å². The molecule has 3 rings (SSSR count). The normalized spacial score (nSPS) is 15.8. The van der Waals surface area contributed by atoms with E-state index in [0.717, 1.165) is 0 Å². The number of ether oxygens (including phenoxy) is 2. The topological polar surface area (TPSA) is 71.9 Å². The number of pyridine rings is 1. The average Bonchev–Trinajstić information content (AvgIpc) is 2.90. The van der Waals surface area contributed by atoms with Crippen LogP contribution in [0.4, 0.5) is 5.69 Å². The number of aromatic hydroxyl groups is 1. The van der Waals surface area contributed by atoms with Gasteiger partial charge in [-0.25, -0.2) is 0 Å². The van der Waals surface area contributed by atoms with Crippen molar-refractivity contribution in [2.45, 2.75) is 0 Å². The van der Waals surface area contributed by atoms with Crippen molar-refractivity contribution in [3.63, 3.8) is 0 Å². The maximum atomic E-state index is 12.7. The van der Waals surface area contributed by atoms with Crippen LogP contribution < -0.4 is 14.4 Å². The fourth-order valence-electron chi connectivity index (χ4n) is 2.32. The van der Waals surface area contributed by atoms with Crippen molar-refractivity contribution in [2.24, 2.45) is 0 Å². The van der Waals surface area contributed by atoms with Gasteiger partial charge in [-0.15, -0.1) is 0 Å². The molecule has 1 fully saturated rings. The highest BCUT2D eigenvalue weighted by Crippen LogP contribution is 2.40. The van der Waals surface area contributed by atoms with Crippen molar-refractivity contribution in [1.29, 1.82) is 0 Å². The molecule has 0 bridgehead atoms. The zero-order chi connectivity index (χ0) is 18.0. The maximum Gasteiger partial charge on any atom is 0.270 e. The number of carbonyl (C=O) groups excluding carboxylic acids is 1. The number of anilines is 1. The van der Waals surface area contributed by atoms with Gasteiger partial charge in [-0.1, -0.05) is 24.0 Å². The lowest BCUT2D eigenvalue weighted by atomic mass is 10.1. The molecule has 0 unspecified atom stereocenters. The Balaban J connectivity index is 1.98. The van der Waals surface area contributed by atoms with Crippen LogP contribution in [0, 0.1) is 0 Å². The van der Waals surface area contributed by atoms with Gasteiger partial charge in [0, 0.05) is 6.20 Å². The molecule has 1 aromatic heterocycles. The molecule has 1 aliphatic rings. The fraction of sp³-hybridized carbons (Fsp3) is 0.118. The van der Waals surface area contributed by atoms with E-state index in [0.29, 0.717) is 20.5 Å². The van der Waals surface area contributed by atoms with Crippen molar-refractivity contribution >= 4 is 46.0 Å². The van der Waals surface area contributed by atoms with Gasteiger partial charge in [0.1, 0.15) is 0 Å². The zero-order valence-electron chi connectivity index (χ0n) is 13.4. The van der Waals surface area contributed by atoms with E-state index < -0.39 is 0 Å². The molecule has 1 N–H and O–H groups in total. The van der Waals surface area contributed by atoms with Gasteiger partial charge >= 0.3 is 0 Å². The van der Waals surface area contributed by atoms with Gasteiger partial charge in [0.15, 0.2) is 15.8 Å². The van der Waals surface area contributed by atoms with Crippen LogP contribution in [0.2, 0.25) is 0 Å². The predicted molar refractivity (Wildman–Crippen MR) is 101 cm³/mol. The van der Waals surface area contributed by atoms with Crippen LogP contribution in [0.25, 0.3) is 6.08 Å². The average molecular weight is 374 g/mol. The molecular weight excluding hydrogens is 360 g/mol. The van der Waals surface area contributed by atoms with Gasteiger partial charge in [0.05, 0.1) is 31.0 Å². The number of carbonyl (C=O) groups is 1. The molecule has 1 aliphatic heterocycles. The summed E-state index contributed by atoms with van der Waals surface area (Å²) in [5.41, 5.74) is 1.27. The first-order valence-corrected chi connectivity index (χ1v) is 8.40. The highest BCUT2D eigenvalue weighted by atomic mass is 32.2. The summed E-state index contributed by atoms with van der Waals surface area (Å²) in [4.78, 5) is 18.6. The number of amides is 1. The molecule has 8 heteroatoms. The Bertz CT molecular complexity index is 843. The molecule has 1 aromatic carbocycles. The van der Waals surface area contributed by atoms with Crippen molar-refractivity contribution in [3.8, 4) is 17.2 Å². The Labute approximate surface area is 154 Å². The lowest BCUT2D eigenvalue weighted by molar-refractivity contribution is -0.113. The minimum Gasteiger partial charge on any atom is -0.502 e. The molecule has 0 spiro atoms. The summed E-state index contributed by atoms with van der Waals surface area (Å²) in [5, 5.41) is 9.98. The van der Waals surface area contributed by atoms with Gasteiger partial charge in [-0.2, -0.15) is 0 Å². The first kappa shape index (κ1) is 17.2. The largest absolute Gasteiger partial charge is 0.502 e. The van der Waals surface area contributed by atoms with Crippen molar-refractivity contribution < 1.29 is 19.4 Å². The van der Waals surface area contributed by atoms with E-state index in [9.17, 15) is 9.90 Å². The van der Waals surface area contributed by atoms with Crippen LogP contribution >= 0.6 is 24.0 Å². The molecule has 2 aromatic rings. The van der Waals surface area contributed by atoms with E-state index >= 15 is 0 Å². The summed E-state index contributed by atoms with van der Waals surface area (Å²) in [6.45, 7) is 0. The molecule has 0 atom stereocenters. The number of rotatable bonds is 4. The Kier molecular flexibility index (Phi) is 4.91. The third-order valence-electron chi connectivity index (χ3n) is 3.50. The number of methoxy groups -OCH3 is 2. The number of benzene rings is 1. The SMILES string of the molecule is COc1cc(C=C2SC(=S)N(c3cccnc3)C2=O)cc(OC)c1O.